The normalized spacial score (nSPS) is 19.7. The Hall–Kier alpha value is -13.1. The van der Waals surface area contributed by atoms with Crippen LogP contribution in [0.5, 0.6) is 0 Å². The fourth-order valence-electron chi connectivity index (χ4n) is 15.8. The number of rotatable bonds is 16. The van der Waals surface area contributed by atoms with E-state index in [1.54, 1.807) is 166 Å². The summed E-state index contributed by atoms with van der Waals surface area (Å²) in [5.74, 6) is -4.03. The lowest BCUT2D eigenvalue weighted by molar-refractivity contribution is -0.138. The Bertz CT molecular complexity index is 4310. The summed E-state index contributed by atoms with van der Waals surface area (Å²) in [7, 11) is 0. The summed E-state index contributed by atoms with van der Waals surface area (Å²) in [6.07, 6.45) is 33.9. The Morgan fingerprint density at radius 1 is 0.277 bits per heavy atom. The fourth-order valence-corrected chi connectivity index (χ4v) is 15.8. The summed E-state index contributed by atoms with van der Waals surface area (Å²) < 4.78 is 0. The average Bonchev–Trinajstić information content (AvgIpc) is 1.63. The molecule has 12 amide bonds. The largest absolute Gasteiger partial charge is 0.330 e. The summed E-state index contributed by atoms with van der Waals surface area (Å²) in [6, 6.07) is 38.1. The van der Waals surface area contributed by atoms with Crippen LogP contribution < -0.4 is 0 Å². The standard InChI is InChI=1S/4C22H21N3O3/c4*1-2-18(25-20(26)16-9-3-4-10-17(16)21(25)27)22(28)24-13-6-5-11-19(24)15-8-7-12-23-14-15/h4*3-10,12,14,18-19H,2,11,13H2,1H3/t2*18-,19+;2*18-,19-/m1010/s1. The molecule has 0 bridgehead atoms. The summed E-state index contributed by atoms with van der Waals surface area (Å²) >= 11 is 0. The molecule has 8 aliphatic heterocycles. The Morgan fingerprint density at radius 2 is 0.455 bits per heavy atom. The van der Waals surface area contributed by atoms with Crippen LogP contribution in [0.1, 0.15) is 208 Å². The van der Waals surface area contributed by atoms with Crippen molar-refractivity contribution in [3.8, 4) is 0 Å². The highest BCUT2D eigenvalue weighted by Crippen LogP contribution is 2.38. The fraction of sp³-hybridized carbons (Fsp3) is 0.273. The smallest absolute Gasteiger partial charge is 0.262 e. The lowest BCUT2D eigenvalue weighted by Crippen LogP contribution is -2.52. The van der Waals surface area contributed by atoms with Crippen molar-refractivity contribution in [2.45, 2.75) is 127 Å². The molecule has 0 spiro atoms. The van der Waals surface area contributed by atoms with Crippen LogP contribution >= 0.6 is 0 Å². The minimum absolute atomic E-state index is 0.157. The van der Waals surface area contributed by atoms with Gasteiger partial charge in [0, 0.05) is 75.8 Å². The number of carbonyl (C=O) groups is 12. The van der Waals surface area contributed by atoms with Gasteiger partial charge >= 0.3 is 0 Å². The molecular formula is C88H84N12O12. The molecule has 8 atom stereocenters. The molecule has 24 nitrogen and oxygen atoms in total. The van der Waals surface area contributed by atoms with Crippen molar-refractivity contribution in [3.63, 3.8) is 0 Å². The average molecular weight is 1500 g/mol. The molecule has 8 aromatic rings. The van der Waals surface area contributed by atoms with Gasteiger partial charge in [-0.15, -0.1) is 0 Å². The molecule has 0 aliphatic carbocycles. The van der Waals surface area contributed by atoms with Gasteiger partial charge in [-0.1, -0.05) is 149 Å². The van der Waals surface area contributed by atoms with Gasteiger partial charge in [0.1, 0.15) is 24.2 Å². The molecule has 0 saturated heterocycles. The van der Waals surface area contributed by atoms with Gasteiger partial charge in [-0.05, 0) is 146 Å². The molecule has 112 heavy (non-hydrogen) atoms. The molecule has 8 aliphatic rings. The quantitative estimate of drug-likeness (QED) is 0.0642. The molecule has 16 rings (SSSR count). The number of imide groups is 4. The van der Waals surface area contributed by atoms with E-state index in [4.69, 9.17) is 0 Å². The van der Waals surface area contributed by atoms with E-state index in [0.717, 1.165) is 41.9 Å². The van der Waals surface area contributed by atoms with E-state index < -0.39 is 71.4 Å². The maximum absolute atomic E-state index is 13.5. The van der Waals surface area contributed by atoms with Gasteiger partial charge in [-0.25, -0.2) is 0 Å². The monoisotopic (exact) mass is 1500 g/mol. The van der Waals surface area contributed by atoms with Crippen molar-refractivity contribution < 1.29 is 57.5 Å². The van der Waals surface area contributed by atoms with Crippen molar-refractivity contribution in [1.82, 2.24) is 59.1 Å². The summed E-state index contributed by atoms with van der Waals surface area (Å²) in [6.45, 7) is 9.07. The zero-order valence-corrected chi connectivity index (χ0v) is 62.5. The van der Waals surface area contributed by atoms with Crippen LogP contribution in [0.2, 0.25) is 0 Å². The molecule has 4 aromatic heterocycles. The van der Waals surface area contributed by atoms with Crippen molar-refractivity contribution >= 4 is 70.9 Å². The molecule has 568 valence electrons. The predicted molar refractivity (Wildman–Crippen MR) is 414 cm³/mol. The third kappa shape index (κ3) is 15.1. The van der Waals surface area contributed by atoms with Gasteiger partial charge in [0.2, 0.25) is 23.6 Å². The van der Waals surface area contributed by atoms with Gasteiger partial charge in [-0.3, -0.25) is 97.1 Å². The molecule has 0 radical (unpaired) electrons. The van der Waals surface area contributed by atoms with Gasteiger partial charge < -0.3 is 19.6 Å². The topological polar surface area (TPSA) is 282 Å². The van der Waals surface area contributed by atoms with E-state index in [0.29, 0.717) is 122 Å². The van der Waals surface area contributed by atoms with E-state index in [9.17, 15) is 57.5 Å². The number of hydrogen-bond donors (Lipinski definition) is 0. The van der Waals surface area contributed by atoms with Crippen LogP contribution in [0.25, 0.3) is 0 Å². The molecule has 0 unspecified atom stereocenters. The highest BCUT2D eigenvalue weighted by Gasteiger charge is 2.49. The highest BCUT2D eigenvalue weighted by molar-refractivity contribution is 6.25. The van der Waals surface area contributed by atoms with E-state index in [1.165, 1.54) is 0 Å². The zero-order valence-electron chi connectivity index (χ0n) is 62.5. The van der Waals surface area contributed by atoms with Crippen LogP contribution in [0.4, 0.5) is 0 Å². The lowest BCUT2D eigenvalue weighted by atomic mass is 9.99. The van der Waals surface area contributed by atoms with Crippen molar-refractivity contribution in [2.75, 3.05) is 26.2 Å². The number of hydrogen-bond acceptors (Lipinski definition) is 16. The maximum atomic E-state index is 13.5. The Kier molecular flexibility index (Phi) is 23.8. The molecule has 4 aromatic carbocycles. The van der Waals surface area contributed by atoms with Crippen molar-refractivity contribution in [1.29, 1.82) is 0 Å². The maximum Gasteiger partial charge on any atom is 0.262 e. The SMILES string of the molecule is CC[C@@H](C(=O)N1CC=CC[C@@H]1c1cccnc1)N1C(=O)c2ccccc2C1=O.CC[C@@H](C(=O)N1CC=CC[C@H]1c1cccnc1)N1C(=O)c2ccccc2C1=O.CC[C@H](C(=O)N1CC=CC[C@@H]1c1cccnc1)N1C(=O)c2ccccc2C1=O.CC[C@H](C(=O)N1CC=CC[C@H]1c1cccnc1)N1C(=O)c2ccccc2C1=O. The molecule has 0 N–H and O–H groups in total. The number of nitrogens with zero attached hydrogens (tertiary/aromatic N) is 12. The second kappa shape index (κ2) is 34.6. The van der Waals surface area contributed by atoms with E-state index in [2.05, 4.69) is 19.9 Å². The number of fused-ring (bicyclic) bond motifs is 4. The number of amides is 12. The van der Waals surface area contributed by atoms with Gasteiger partial charge in [0.05, 0.1) is 68.7 Å². The number of aromatic nitrogens is 4. The van der Waals surface area contributed by atoms with Crippen molar-refractivity contribution in [3.05, 3.63) is 311 Å². The Morgan fingerprint density at radius 3 is 0.607 bits per heavy atom. The zero-order chi connectivity index (χ0) is 78.7. The first-order valence-corrected chi connectivity index (χ1v) is 37.8. The van der Waals surface area contributed by atoms with E-state index in [-0.39, 0.29) is 47.8 Å². The van der Waals surface area contributed by atoms with Crippen LogP contribution in [-0.4, -0.2) is 180 Å². The van der Waals surface area contributed by atoms with E-state index >= 15 is 0 Å². The first kappa shape index (κ1) is 77.1. The van der Waals surface area contributed by atoms with Crippen LogP contribution in [0, 0.1) is 0 Å². The third-order valence-corrected chi connectivity index (χ3v) is 21.5. The molecular weight excluding hydrogens is 1420 g/mol. The number of carbonyl (C=O) groups excluding carboxylic acids is 12. The minimum atomic E-state index is -0.821. The summed E-state index contributed by atoms with van der Waals surface area (Å²) in [5, 5.41) is 0. The van der Waals surface area contributed by atoms with Gasteiger partial charge in [0.15, 0.2) is 0 Å². The number of pyridine rings is 4. The van der Waals surface area contributed by atoms with Gasteiger partial charge in [-0.2, -0.15) is 0 Å². The van der Waals surface area contributed by atoms with E-state index in [1.807, 2.05) is 125 Å². The second-order valence-electron chi connectivity index (χ2n) is 27.8. The molecule has 24 heteroatoms. The molecule has 0 fully saturated rings. The summed E-state index contributed by atoms with van der Waals surface area (Å²) in [5.41, 5.74) is 6.67. The lowest BCUT2D eigenvalue weighted by Gasteiger charge is -2.37. The van der Waals surface area contributed by atoms with Gasteiger partial charge in [0.25, 0.3) is 47.3 Å². The van der Waals surface area contributed by atoms with Crippen LogP contribution in [0.15, 0.2) is 244 Å². The number of benzene rings is 4. The summed E-state index contributed by atoms with van der Waals surface area (Å²) in [4.78, 5) is 185. The van der Waals surface area contributed by atoms with Crippen LogP contribution in [-0.2, 0) is 19.2 Å². The third-order valence-electron chi connectivity index (χ3n) is 21.5. The molecule has 0 saturated carbocycles. The van der Waals surface area contributed by atoms with Crippen LogP contribution in [0.3, 0.4) is 0 Å². The Balaban J connectivity index is 0.000000131. The minimum Gasteiger partial charge on any atom is -0.330 e. The second-order valence-corrected chi connectivity index (χ2v) is 27.8. The first-order chi connectivity index (χ1) is 54.5. The molecule has 12 heterocycles. The highest BCUT2D eigenvalue weighted by atomic mass is 16.2. The van der Waals surface area contributed by atoms with Crippen molar-refractivity contribution in [2.24, 2.45) is 0 Å². The predicted octanol–water partition coefficient (Wildman–Crippen LogP) is 11.9. The Labute approximate surface area is 648 Å². The first-order valence-electron chi connectivity index (χ1n) is 37.8.